The summed E-state index contributed by atoms with van der Waals surface area (Å²) < 4.78 is 5.20. The van der Waals surface area contributed by atoms with Gasteiger partial charge in [0.25, 0.3) is 0 Å². The van der Waals surface area contributed by atoms with Crippen LogP contribution in [-0.4, -0.2) is 33.5 Å². The maximum atomic E-state index is 11.0. The highest BCUT2D eigenvalue weighted by Crippen LogP contribution is 2.21. The van der Waals surface area contributed by atoms with E-state index in [0.717, 1.165) is 4.88 Å². The van der Waals surface area contributed by atoms with Gasteiger partial charge in [0.15, 0.2) is 0 Å². The van der Waals surface area contributed by atoms with E-state index in [1.165, 1.54) is 0 Å². The Bertz CT molecular complexity index is 536. The predicted molar refractivity (Wildman–Crippen MR) is 72.4 cm³/mol. The van der Waals surface area contributed by atoms with Crippen molar-refractivity contribution in [3.05, 3.63) is 23.4 Å². The largest absolute Gasteiger partial charge is 0.369 e. The number of hydrogen-bond donors (Lipinski definition) is 1. The second-order valence-corrected chi connectivity index (χ2v) is 5.40. The summed E-state index contributed by atoms with van der Waals surface area (Å²) >= 11 is 1.55. The summed E-state index contributed by atoms with van der Waals surface area (Å²) in [4.78, 5) is 18.2. The first-order valence-electron chi connectivity index (χ1n) is 5.95. The van der Waals surface area contributed by atoms with Gasteiger partial charge in [-0.25, -0.2) is 0 Å². The van der Waals surface area contributed by atoms with Crippen LogP contribution in [0.25, 0.3) is 10.7 Å². The number of hydrogen-bond acceptors (Lipinski definition) is 6. The fourth-order valence-electron chi connectivity index (χ4n) is 1.62. The lowest BCUT2D eigenvalue weighted by molar-refractivity contribution is -0.119. The fourth-order valence-corrected chi connectivity index (χ4v) is 2.27. The van der Waals surface area contributed by atoms with E-state index in [1.54, 1.807) is 11.3 Å². The predicted octanol–water partition coefficient (Wildman–Crippen LogP) is 1.49. The standard InChI is InChI=1S/C12H16N4O2S/c1-8(2)16(6-10(13)17)7-11-14-12(15-18-11)9-4-3-5-19-9/h3-5,8H,6-7H2,1-2H3,(H2,13,17). The number of primary amides is 1. The molecular weight excluding hydrogens is 264 g/mol. The van der Waals surface area contributed by atoms with Gasteiger partial charge in [-0.1, -0.05) is 11.2 Å². The van der Waals surface area contributed by atoms with E-state index >= 15 is 0 Å². The molecule has 0 bridgehead atoms. The third-order valence-electron chi connectivity index (χ3n) is 2.64. The number of rotatable bonds is 6. The van der Waals surface area contributed by atoms with E-state index in [2.05, 4.69) is 10.1 Å². The molecule has 2 rings (SSSR count). The highest BCUT2D eigenvalue weighted by Gasteiger charge is 2.17. The molecule has 0 unspecified atom stereocenters. The second-order valence-electron chi connectivity index (χ2n) is 4.45. The van der Waals surface area contributed by atoms with Gasteiger partial charge in [0.2, 0.25) is 17.6 Å². The number of thiophene rings is 1. The molecule has 2 N–H and O–H groups in total. The molecule has 1 amide bonds. The van der Waals surface area contributed by atoms with E-state index in [9.17, 15) is 4.79 Å². The SMILES string of the molecule is CC(C)N(CC(N)=O)Cc1nc(-c2cccs2)no1. The lowest BCUT2D eigenvalue weighted by atomic mass is 10.3. The van der Waals surface area contributed by atoms with Crippen molar-refractivity contribution in [3.63, 3.8) is 0 Å². The zero-order valence-corrected chi connectivity index (χ0v) is 11.7. The van der Waals surface area contributed by atoms with Crippen molar-refractivity contribution in [2.24, 2.45) is 5.73 Å². The van der Waals surface area contributed by atoms with Crippen LogP contribution in [0.4, 0.5) is 0 Å². The van der Waals surface area contributed by atoms with Gasteiger partial charge in [-0.2, -0.15) is 4.98 Å². The molecule has 0 atom stereocenters. The summed E-state index contributed by atoms with van der Waals surface area (Å²) in [6.07, 6.45) is 0. The van der Waals surface area contributed by atoms with Crippen LogP contribution in [0.3, 0.4) is 0 Å². The highest BCUT2D eigenvalue weighted by atomic mass is 32.1. The summed E-state index contributed by atoms with van der Waals surface area (Å²) in [6.45, 7) is 4.56. The Morgan fingerprint density at radius 3 is 2.95 bits per heavy atom. The van der Waals surface area contributed by atoms with Gasteiger partial charge in [-0.15, -0.1) is 11.3 Å². The average Bonchev–Trinajstić information content (AvgIpc) is 2.97. The number of nitrogens with zero attached hydrogens (tertiary/aromatic N) is 3. The van der Waals surface area contributed by atoms with Crippen LogP contribution in [0.1, 0.15) is 19.7 Å². The molecule has 0 radical (unpaired) electrons. The molecule has 0 aliphatic carbocycles. The zero-order chi connectivity index (χ0) is 13.8. The summed E-state index contributed by atoms with van der Waals surface area (Å²) in [5, 5.41) is 5.89. The Balaban J connectivity index is 2.08. The smallest absolute Gasteiger partial charge is 0.241 e. The Morgan fingerprint density at radius 2 is 2.37 bits per heavy atom. The van der Waals surface area contributed by atoms with Crippen molar-refractivity contribution in [1.82, 2.24) is 15.0 Å². The molecule has 2 heterocycles. The average molecular weight is 280 g/mol. The van der Waals surface area contributed by atoms with Gasteiger partial charge in [-0.3, -0.25) is 9.69 Å². The Kier molecular flexibility index (Phi) is 4.28. The van der Waals surface area contributed by atoms with Crippen LogP contribution in [0.5, 0.6) is 0 Å². The van der Waals surface area contributed by atoms with Crippen LogP contribution < -0.4 is 5.73 Å². The molecule has 0 saturated heterocycles. The number of carbonyl (C=O) groups excluding carboxylic acids is 1. The van der Waals surface area contributed by atoms with Crippen LogP contribution >= 0.6 is 11.3 Å². The molecule has 0 fully saturated rings. The fraction of sp³-hybridized carbons (Fsp3) is 0.417. The monoisotopic (exact) mass is 280 g/mol. The minimum absolute atomic E-state index is 0.171. The molecular formula is C12H16N4O2S. The molecule has 0 aromatic carbocycles. The molecule has 6 nitrogen and oxygen atoms in total. The minimum atomic E-state index is -0.369. The molecule has 102 valence electrons. The summed E-state index contributed by atoms with van der Waals surface area (Å²) in [7, 11) is 0. The lowest BCUT2D eigenvalue weighted by Crippen LogP contribution is -2.38. The number of carbonyl (C=O) groups is 1. The van der Waals surface area contributed by atoms with Crippen molar-refractivity contribution in [2.75, 3.05) is 6.54 Å². The Morgan fingerprint density at radius 1 is 1.58 bits per heavy atom. The van der Waals surface area contributed by atoms with Crippen LogP contribution in [-0.2, 0) is 11.3 Å². The van der Waals surface area contributed by atoms with Crippen LogP contribution in [0.15, 0.2) is 22.0 Å². The molecule has 19 heavy (non-hydrogen) atoms. The molecule has 0 aliphatic heterocycles. The summed E-state index contributed by atoms with van der Waals surface area (Å²) in [5.74, 6) is 0.692. The van der Waals surface area contributed by atoms with Crippen molar-refractivity contribution < 1.29 is 9.32 Å². The number of nitrogens with two attached hydrogens (primary N) is 1. The first kappa shape index (κ1) is 13.7. The third kappa shape index (κ3) is 3.62. The second kappa shape index (κ2) is 5.94. The van der Waals surface area contributed by atoms with E-state index in [1.807, 2.05) is 36.3 Å². The number of amides is 1. The van der Waals surface area contributed by atoms with E-state index in [-0.39, 0.29) is 18.5 Å². The van der Waals surface area contributed by atoms with Crippen LogP contribution in [0, 0.1) is 0 Å². The maximum absolute atomic E-state index is 11.0. The molecule has 2 aromatic heterocycles. The van der Waals surface area contributed by atoms with Crippen molar-refractivity contribution >= 4 is 17.2 Å². The molecule has 0 saturated carbocycles. The van der Waals surface area contributed by atoms with Crippen molar-refractivity contribution in [1.29, 1.82) is 0 Å². The Labute approximate surface area is 115 Å². The molecule has 0 aliphatic rings. The first-order chi connectivity index (χ1) is 9.06. The van der Waals surface area contributed by atoms with Crippen LogP contribution in [0.2, 0.25) is 0 Å². The normalized spacial score (nSPS) is 11.4. The first-order valence-corrected chi connectivity index (χ1v) is 6.83. The van der Waals surface area contributed by atoms with E-state index in [4.69, 9.17) is 10.3 Å². The van der Waals surface area contributed by atoms with E-state index < -0.39 is 0 Å². The molecule has 0 spiro atoms. The third-order valence-corrected chi connectivity index (χ3v) is 3.50. The number of aromatic nitrogens is 2. The van der Waals surface area contributed by atoms with Crippen molar-refractivity contribution in [3.8, 4) is 10.7 Å². The van der Waals surface area contributed by atoms with Crippen molar-refractivity contribution in [2.45, 2.75) is 26.4 Å². The quantitative estimate of drug-likeness (QED) is 0.866. The van der Waals surface area contributed by atoms with Gasteiger partial charge < -0.3 is 10.3 Å². The zero-order valence-electron chi connectivity index (χ0n) is 10.9. The highest BCUT2D eigenvalue weighted by molar-refractivity contribution is 7.13. The van der Waals surface area contributed by atoms with Gasteiger partial charge in [0.1, 0.15) is 0 Å². The van der Waals surface area contributed by atoms with Gasteiger partial charge >= 0.3 is 0 Å². The van der Waals surface area contributed by atoms with Gasteiger partial charge in [0.05, 0.1) is 18.0 Å². The minimum Gasteiger partial charge on any atom is -0.369 e. The topological polar surface area (TPSA) is 85.2 Å². The Hall–Kier alpha value is -1.73. The van der Waals surface area contributed by atoms with E-state index in [0.29, 0.717) is 18.3 Å². The molecule has 2 aromatic rings. The lowest BCUT2D eigenvalue weighted by Gasteiger charge is -2.22. The molecule has 7 heteroatoms. The van der Waals surface area contributed by atoms with Gasteiger partial charge in [0, 0.05) is 6.04 Å². The maximum Gasteiger partial charge on any atom is 0.241 e. The van der Waals surface area contributed by atoms with Gasteiger partial charge in [-0.05, 0) is 25.3 Å². The summed E-state index contributed by atoms with van der Waals surface area (Å²) in [5.41, 5.74) is 5.22. The summed E-state index contributed by atoms with van der Waals surface area (Å²) in [6, 6.07) is 4.04.